The van der Waals surface area contributed by atoms with Crippen LogP contribution in [0.4, 0.5) is 0 Å². The molecule has 1 aliphatic rings. The summed E-state index contributed by atoms with van der Waals surface area (Å²) in [5, 5.41) is 2.67. The largest absolute Gasteiger partial charge is 0.338 e. The highest BCUT2D eigenvalue weighted by molar-refractivity contribution is 7.10. The summed E-state index contributed by atoms with van der Waals surface area (Å²) < 4.78 is 0. The number of aryl methyl sites for hydroxylation is 1. The van der Waals surface area contributed by atoms with Crippen LogP contribution in [-0.4, -0.2) is 29.9 Å². The van der Waals surface area contributed by atoms with Gasteiger partial charge >= 0.3 is 0 Å². The lowest BCUT2D eigenvalue weighted by Crippen LogP contribution is -2.51. The van der Waals surface area contributed by atoms with Crippen LogP contribution in [0.5, 0.6) is 0 Å². The zero-order valence-corrected chi connectivity index (χ0v) is 12.8. The molecule has 2 atom stereocenters. The van der Waals surface area contributed by atoms with Gasteiger partial charge in [-0.2, -0.15) is 0 Å². The van der Waals surface area contributed by atoms with E-state index in [1.807, 2.05) is 16.3 Å². The Bertz CT molecular complexity index is 435. The van der Waals surface area contributed by atoms with Gasteiger partial charge in [-0.15, -0.1) is 11.3 Å². The van der Waals surface area contributed by atoms with Gasteiger partial charge in [0, 0.05) is 35.8 Å². The molecule has 106 valence electrons. The quantitative estimate of drug-likeness (QED) is 0.929. The van der Waals surface area contributed by atoms with Crippen molar-refractivity contribution in [2.75, 3.05) is 13.1 Å². The second-order valence-corrected chi connectivity index (χ2v) is 6.67. The van der Waals surface area contributed by atoms with Crippen LogP contribution in [0, 0.1) is 5.92 Å². The second-order valence-electron chi connectivity index (χ2n) is 5.24. The third-order valence-corrected chi connectivity index (χ3v) is 5.23. The molecule has 2 rings (SSSR count). The molecule has 1 saturated heterocycles. The van der Waals surface area contributed by atoms with Gasteiger partial charge in [0.2, 0.25) is 5.91 Å². The first-order valence-electron chi connectivity index (χ1n) is 6.84. The molecule has 5 heteroatoms. The summed E-state index contributed by atoms with van der Waals surface area (Å²) >= 11 is 7.51. The highest BCUT2D eigenvalue weighted by atomic mass is 35.5. The van der Waals surface area contributed by atoms with Crippen molar-refractivity contribution in [1.29, 1.82) is 0 Å². The summed E-state index contributed by atoms with van der Waals surface area (Å²) in [6.07, 6.45) is 3.60. The van der Waals surface area contributed by atoms with E-state index in [0.717, 1.165) is 24.4 Å². The van der Waals surface area contributed by atoms with Crippen LogP contribution in [0.2, 0.25) is 5.02 Å². The number of rotatable bonds is 4. The lowest BCUT2D eigenvalue weighted by atomic mass is 9.90. The smallest absolute Gasteiger partial charge is 0.223 e. The first-order valence-corrected chi connectivity index (χ1v) is 8.10. The average Bonchev–Trinajstić information content (AvgIpc) is 2.81. The van der Waals surface area contributed by atoms with Crippen molar-refractivity contribution in [2.24, 2.45) is 11.7 Å². The Kier molecular flexibility index (Phi) is 5.25. The summed E-state index contributed by atoms with van der Waals surface area (Å²) in [6.45, 7) is 3.62. The van der Waals surface area contributed by atoms with Crippen molar-refractivity contribution < 1.29 is 4.79 Å². The maximum absolute atomic E-state index is 12.3. The molecule has 1 fully saturated rings. The van der Waals surface area contributed by atoms with Crippen LogP contribution in [0.25, 0.3) is 0 Å². The molecule has 19 heavy (non-hydrogen) atoms. The van der Waals surface area contributed by atoms with Gasteiger partial charge in [-0.3, -0.25) is 4.79 Å². The predicted octanol–water partition coefficient (Wildman–Crippen LogP) is 2.92. The molecule has 3 nitrogen and oxygen atoms in total. The van der Waals surface area contributed by atoms with E-state index in [4.69, 9.17) is 17.3 Å². The molecule has 1 aromatic heterocycles. The highest BCUT2D eigenvalue weighted by Crippen LogP contribution is 2.25. The van der Waals surface area contributed by atoms with Crippen molar-refractivity contribution in [3.05, 3.63) is 21.3 Å². The van der Waals surface area contributed by atoms with Crippen LogP contribution in [0.15, 0.2) is 11.4 Å². The number of thiophene rings is 1. The molecule has 0 aliphatic carbocycles. The molecule has 2 heterocycles. The molecule has 0 bridgehead atoms. The lowest BCUT2D eigenvalue weighted by molar-refractivity contribution is -0.136. The van der Waals surface area contributed by atoms with E-state index in [0.29, 0.717) is 18.9 Å². The molecule has 0 aromatic carbocycles. The van der Waals surface area contributed by atoms with E-state index in [1.165, 1.54) is 11.3 Å². The minimum atomic E-state index is 0.216. The molecule has 0 unspecified atom stereocenters. The molecule has 1 amide bonds. The van der Waals surface area contributed by atoms with Gasteiger partial charge in [-0.1, -0.05) is 18.5 Å². The monoisotopic (exact) mass is 300 g/mol. The van der Waals surface area contributed by atoms with Gasteiger partial charge in [0.25, 0.3) is 0 Å². The molecule has 2 N–H and O–H groups in total. The molecular formula is C14H21ClN2OS. The Morgan fingerprint density at radius 1 is 1.63 bits per heavy atom. The van der Waals surface area contributed by atoms with Gasteiger partial charge in [0.05, 0.1) is 5.02 Å². The predicted molar refractivity (Wildman–Crippen MR) is 80.6 cm³/mol. The maximum atomic E-state index is 12.3. The van der Waals surface area contributed by atoms with E-state index < -0.39 is 0 Å². The van der Waals surface area contributed by atoms with E-state index >= 15 is 0 Å². The zero-order valence-electron chi connectivity index (χ0n) is 11.3. The van der Waals surface area contributed by atoms with Crippen molar-refractivity contribution >= 4 is 28.8 Å². The van der Waals surface area contributed by atoms with E-state index in [9.17, 15) is 4.79 Å². The first-order chi connectivity index (χ1) is 9.11. The number of halogens is 1. The van der Waals surface area contributed by atoms with Crippen LogP contribution >= 0.6 is 22.9 Å². The molecule has 1 aromatic rings. The van der Waals surface area contributed by atoms with Crippen LogP contribution in [-0.2, 0) is 11.2 Å². The van der Waals surface area contributed by atoms with Gasteiger partial charge in [-0.05, 0) is 31.2 Å². The Balaban J connectivity index is 1.91. The standard InChI is InChI=1S/C14H21ClN2OS/c1-10-3-2-6-17(13(10)8-16)14(18)5-4-12-7-11(15)9-19-12/h7,9-10,13H,2-6,8,16H2,1H3/t10-,13+/m1/s1. The Labute approximate surface area is 123 Å². The third kappa shape index (κ3) is 3.71. The normalized spacial score (nSPS) is 23.6. The van der Waals surface area contributed by atoms with Crippen molar-refractivity contribution in [3.63, 3.8) is 0 Å². The average molecular weight is 301 g/mol. The van der Waals surface area contributed by atoms with Crippen molar-refractivity contribution in [2.45, 2.75) is 38.6 Å². The van der Waals surface area contributed by atoms with Crippen molar-refractivity contribution in [1.82, 2.24) is 4.90 Å². The fourth-order valence-corrected chi connectivity index (χ4v) is 3.85. The Morgan fingerprint density at radius 3 is 3.05 bits per heavy atom. The zero-order chi connectivity index (χ0) is 13.8. The fraction of sp³-hybridized carbons (Fsp3) is 0.643. The molecule has 0 spiro atoms. The van der Waals surface area contributed by atoms with Crippen LogP contribution in [0.3, 0.4) is 0 Å². The molecule has 0 saturated carbocycles. The SMILES string of the molecule is C[C@@H]1CCCN(C(=O)CCc2cc(Cl)cs2)[C@H]1CN. The van der Waals surface area contributed by atoms with Crippen molar-refractivity contribution in [3.8, 4) is 0 Å². The summed E-state index contributed by atoms with van der Waals surface area (Å²) in [7, 11) is 0. The number of nitrogens with zero attached hydrogens (tertiary/aromatic N) is 1. The number of carbonyl (C=O) groups is 1. The second kappa shape index (κ2) is 6.73. The van der Waals surface area contributed by atoms with Gasteiger partial charge in [0.1, 0.15) is 0 Å². The number of nitrogens with two attached hydrogens (primary N) is 1. The first kappa shape index (κ1) is 14.8. The number of likely N-dealkylation sites (tertiary alicyclic amines) is 1. The van der Waals surface area contributed by atoms with E-state index in [1.54, 1.807) is 11.3 Å². The van der Waals surface area contributed by atoms with E-state index in [2.05, 4.69) is 6.92 Å². The number of carbonyl (C=O) groups excluding carboxylic acids is 1. The summed E-state index contributed by atoms with van der Waals surface area (Å²) in [5.41, 5.74) is 5.82. The van der Waals surface area contributed by atoms with Gasteiger partial charge in [-0.25, -0.2) is 0 Å². The topological polar surface area (TPSA) is 46.3 Å². The summed E-state index contributed by atoms with van der Waals surface area (Å²) in [6, 6.07) is 2.16. The highest BCUT2D eigenvalue weighted by Gasteiger charge is 2.30. The lowest BCUT2D eigenvalue weighted by Gasteiger charge is -2.39. The Hall–Kier alpha value is -0.580. The fourth-order valence-electron chi connectivity index (χ4n) is 2.78. The maximum Gasteiger partial charge on any atom is 0.223 e. The van der Waals surface area contributed by atoms with Gasteiger partial charge in [0.15, 0.2) is 0 Å². The summed E-state index contributed by atoms with van der Waals surface area (Å²) in [5.74, 6) is 0.741. The third-order valence-electron chi connectivity index (χ3n) is 3.88. The van der Waals surface area contributed by atoms with Crippen LogP contribution in [0.1, 0.15) is 31.1 Å². The molecule has 1 aliphatic heterocycles. The van der Waals surface area contributed by atoms with Gasteiger partial charge < -0.3 is 10.6 Å². The molecular weight excluding hydrogens is 280 g/mol. The Morgan fingerprint density at radius 2 is 2.42 bits per heavy atom. The number of hydrogen-bond donors (Lipinski definition) is 1. The molecule has 0 radical (unpaired) electrons. The van der Waals surface area contributed by atoms with E-state index in [-0.39, 0.29) is 11.9 Å². The minimum absolute atomic E-state index is 0.216. The van der Waals surface area contributed by atoms with Crippen LogP contribution < -0.4 is 5.73 Å². The summed E-state index contributed by atoms with van der Waals surface area (Å²) in [4.78, 5) is 15.5. The number of hydrogen-bond acceptors (Lipinski definition) is 3. The number of amides is 1. The number of piperidine rings is 1. The minimum Gasteiger partial charge on any atom is -0.338 e.